The molecule has 1 amide bonds. The third kappa shape index (κ3) is 5.60. The van der Waals surface area contributed by atoms with Crippen LogP contribution in [0, 0.1) is 6.92 Å². The number of carbonyl (C=O) groups excluding carboxylic acids is 1. The highest BCUT2D eigenvalue weighted by atomic mass is 35.5. The average Bonchev–Trinajstić information content (AvgIpc) is 2.76. The first-order chi connectivity index (χ1) is 15.2. The molecule has 0 aromatic heterocycles. The number of hydrogen-bond donors (Lipinski definition) is 2. The molecule has 32 heavy (non-hydrogen) atoms. The van der Waals surface area contributed by atoms with Gasteiger partial charge >= 0.3 is 0 Å². The van der Waals surface area contributed by atoms with Crippen molar-refractivity contribution in [3.8, 4) is 5.75 Å². The van der Waals surface area contributed by atoms with Gasteiger partial charge in [0.25, 0.3) is 15.9 Å². The standard InChI is InChI=1S/C24H25ClN2O4S/c1-4-31-20-12-9-18(10-13-20)17(3)26-24(28)19-11-14-21(25)23(15-19)32(29,30)27-22-8-6-5-7-16(22)2/h5-15,17,27H,4H2,1-3H3,(H,26,28). The summed E-state index contributed by atoms with van der Waals surface area (Å²) in [6.07, 6.45) is 0. The summed E-state index contributed by atoms with van der Waals surface area (Å²) >= 11 is 6.17. The topological polar surface area (TPSA) is 84.5 Å². The lowest BCUT2D eigenvalue weighted by atomic mass is 10.1. The number of para-hydroxylation sites is 1. The maximum Gasteiger partial charge on any atom is 0.263 e. The van der Waals surface area contributed by atoms with Gasteiger partial charge in [0.15, 0.2) is 0 Å². The molecule has 2 N–H and O–H groups in total. The van der Waals surface area contributed by atoms with E-state index in [2.05, 4.69) is 10.0 Å². The van der Waals surface area contributed by atoms with Crippen LogP contribution in [-0.2, 0) is 10.0 Å². The molecule has 8 heteroatoms. The third-order valence-corrected chi connectivity index (χ3v) is 6.76. The third-order valence-electron chi connectivity index (χ3n) is 4.91. The molecule has 0 bridgehead atoms. The summed E-state index contributed by atoms with van der Waals surface area (Å²) in [6, 6.07) is 18.3. The van der Waals surface area contributed by atoms with Gasteiger partial charge in [0.2, 0.25) is 0 Å². The second-order valence-electron chi connectivity index (χ2n) is 7.26. The van der Waals surface area contributed by atoms with Crippen LogP contribution in [-0.4, -0.2) is 20.9 Å². The average molecular weight is 473 g/mol. The van der Waals surface area contributed by atoms with E-state index in [-0.39, 0.29) is 21.5 Å². The van der Waals surface area contributed by atoms with Gasteiger partial charge in [-0.2, -0.15) is 0 Å². The summed E-state index contributed by atoms with van der Waals surface area (Å²) in [5.41, 5.74) is 2.30. The predicted molar refractivity (Wildman–Crippen MR) is 127 cm³/mol. The number of anilines is 1. The summed E-state index contributed by atoms with van der Waals surface area (Å²) in [7, 11) is -3.99. The molecule has 0 fully saturated rings. The van der Waals surface area contributed by atoms with Gasteiger partial charge in [0, 0.05) is 5.56 Å². The maximum atomic E-state index is 12.9. The Hall–Kier alpha value is -3.03. The predicted octanol–water partition coefficient (Wildman–Crippen LogP) is 5.34. The normalized spacial score (nSPS) is 12.1. The van der Waals surface area contributed by atoms with Crippen LogP contribution in [0.2, 0.25) is 5.02 Å². The highest BCUT2D eigenvalue weighted by molar-refractivity contribution is 7.92. The van der Waals surface area contributed by atoms with E-state index in [1.807, 2.05) is 44.2 Å². The van der Waals surface area contributed by atoms with Crippen LogP contribution in [0.5, 0.6) is 5.75 Å². The van der Waals surface area contributed by atoms with Crippen LogP contribution >= 0.6 is 11.6 Å². The minimum Gasteiger partial charge on any atom is -0.494 e. The number of hydrogen-bond acceptors (Lipinski definition) is 4. The first-order valence-electron chi connectivity index (χ1n) is 10.1. The van der Waals surface area contributed by atoms with E-state index in [0.29, 0.717) is 12.3 Å². The second-order valence-corrected chi connectivity index (χ2v) is 9.32. The number of amides is 1. The molecule has 0 aliphatic heterocycles. The van der Waals surface area contributed by atoms with Crippen molar-refractivity contribution >= 4 is 33.2 Å². The fraction of sp³-hybridized carbons (Fsp3) is 0.208. The monoisotopic (exact) mass is 472 g/mol. The number of halogens is 1. The lowest BCUT2D eigenvalue weighted by Crippen LogP contribution is -2.27. The fourth-order valence-corrected chi connectivity index (χ4v) is 4.78. The molecule has 0 heterocycles. The van der Waals surface area contributed by atoms with Crippen LogP contribution < -0.4 is 14.8 Å². The highest BCUT2D eigenvalue weighted by Gasteiger charge is 2.21. The lowest BCUT2D eigenvalue weighted by Gasteiger charge is -2.16. The summed E-state index contributed by atoms with van der Waals surface area (Å²) in [5.74, 6) is 0.346. The Morgan fingerprint density at radius 1 is 1.06 bits per heavy atom. The zero-order chi connectivity index (χ0) is 23.3. The quantitative estimate of drug-likeness (QED) is 0.463. The number of nitrogens with one attached hydrogen (secondary N) is 2. The Morgan fingerprint density at radius 2 is 1.75 bits per heavy atom. The van der Waals surface area contributed by atoms with Crippen molar-refractivity contribution in [3.05, 3.63) is 88.4 Å². The highest BCUT2D eigenvalue weighted by Crippen LogP contribution is 2.27. The molecular weight excluding hydrogens is 448 g/mol. The number of ether oxygens (including phenoxy) is 1. The minimum absolute atomic E-state index is 0.0298. The maximum absolute atomic E-state index is 12.9. The molecule has 0 spiro atoms. The zero-order valence-electron chi connectivity index (χ0n) is 18.1. The van der Waals surface area contributed by atoms with Crippen LogP contribution in [0.25, 0.3) is 0 Å². The molecule has 0 saturated heterocycles. The van der Waals surface area contributed by atoms with Crippen molar-refractivity contribution in [1.29, 1.82) is 0 Å². The Kier molecular flexibility index (Phi) is 7.43. The Bertz CT molecular complexity index is 1210. The Labute approximate surface area is 193 Å². The number of sulfonamides is 1. The molecule has 0 saturated carbocycles. The van der Waals surface area contributed by atoms with E-state index in [1.165, 1.54) is 18.2 Å². The van der Waals surface area contributed by atoms with Crippen LogP contribution in [0.3, 0.4) is 0 Å². The van der Waals surface area contributed by atoms with E-state index < -0.39 is 15.9 Å². The van der Waals surface area contributed by atoms with E-state index in [9.17, 15) is 13.2 Å². The van der Waals surface area contributed by atoms with Gasteiger partial charge < -0.3 is 10.1 Å². The summed E-state index contributed by atoms with van der Waals surface area (Å²) in [5, 5.41) is 2.91. The molecule has 1 unspecified atom stereocenters. The first-order valence-corrected chi connectivity index (χ1v) is 12.0. The van der Waals surface area contributed by atoms with Crippen molar-refractivity contribution in [2.45, 2.75) is 31.7 Å². The Balaban J connectivity index is 1.79. The van der Waals surface area contributed by atoms with Crippen molar-refractivity contribution in [1.82, 2.24) is 5.32 Å². The summed E-state index contributed by atoms with van der Waals surface area (Å²) in [6.45, 7) is 6.13. The summed E-state index contributed by atoms with van der Waals surface area (Å²) < 4.78 is 33.8. The van der Waals surface area contributed by atoms with E-state index in [4.69, 9.17) is 16.3 Å². The van der Waals surface area contributed by atoms with Crippen molar-refractivity contribution < 1.29 is 17.9 Å². The van der Waals surface area contributed by atoms with Gasteiger partial charge in [-0.1, -0.05) is 41.9 Å². The smallest absolute Gasteiger partial charge is 0.263 e. The fourth-order valence-electron chi connectivity index (χ4n) is 3.12. The van der Waals surface area contributed by atoms with Gasteiger partial charge in [0.1, 0.15) is 10.6 Å². The number of rotatable bonds is 8. The van der Waals surface area contributed by atoms with Gasteiger partial charge in [-0.15, -0.1) is 0 Å². The molecule has 6 nitrogen and oxygen atoms in total. The van der Waals surface area contributed by atoms with Crippen LogP contribution in [0.4, 0.5) is 5.69 Å². The molecule has 0 radical (unpaired) electrons. The van der Waals surface area contributed by atoms with Crippen molar-refractivity contribution in [2.75, 3.05) is 11.3 Å². The number of carbonyl (C=O) groups is 1. The van der Waals surface area contributed by atoms with Crippen molar-refractivity contribution in [2.24, 2.45) is 0 Å². The van der Waals surface area contributed by atoms with Crippen LogP contribution in [0.1, 0.15) is 41.4 Å². The number of aryl methyl sites for hydroxylation is 1. The molecule has 168 valence electrons. The molecule has 3 rings (SSSR count). The second kappa shape index (κ2) is 10.1. The van der Waals surface area contributed by atoms with E-state index >= 15 is 0 Å². The largest absolute Gasteiger partial charge is 0.494 e. The molecule has 3 aromatic rings. The molecule has 3 aromatic carbocycles. The number of benzene rings is 3. The summed E-state index contributed by atoms with van der Waals surface area (Å²) in [4.78, 5) is 12.6. The van der Waals surface area contributed by atoms with E-state index in [0.717, 1.165) is 16.9 Å². The lowest BCUT2D eigenvalue weighted by molar-refractivity contribution is 0.0939. The molecule has 1 atom stereocenters. The van der Waals surface area contributed by atoms with Gasteiger partial charge in [0.05, 0.1) is 23.4 Å². The van der Waals surface area contributed by atoms with Gasteiger partial charge in [-0.3, -0.25) is 9.52 Å². The minimum atomic E-state index is -3.99. The SMILES string of the molecule is CCOc1ccc(C(C)NC(=O)c2ccc(Cl)c(S(=O)(=O)Nc3ccccc3C)c2)cc1. The zero-order valence-corrected chi connectivity index (χ0v) is 19.6. The van der Waals surface area contributed by atoms with Crippen molar-refractivity contribution in [3.63, 3.8) is 0 Å². The molecular formula is C24H25ClN2O4S. The Morgan fingerprint density at radius 3 is 2.41 bits per heavy atom. The van der Waals surface area contributed by atoms with Gasteiger partial charge in [-0.25, -0.2) is 8.42 Å². The molecule has 0 aliphatic rings. The van der Waals surface area contributed by atoms with Gasteiger partial charge in [-0.05, 0) is 68.3 Å². The molecule has 0 aliphatic carbocycles. The first kappa shape index (κ1) is 23.6. The van der Waals surface area contributed by atoms with Crippen LogP contribution in [0.15, 0.2) is 71.6 Å². The van der Waals surface area contributed by atoms with E-state index in [1.54, 1.807) is 25.1 Å².